The number of rotatable bonds is 3. The smallest absolute Gasteiger partial charge is 0.257 e. The third kappa shape index (κ3) is 2.73. The van der Waals surface area contributed by atoms with Gasteiger partial charge in [0.1, 0.15) is 0 Å². The van der Waals surface area contributed by atoms with Gasteiger partial charge < -0.3 is 10.0 Å². The number of likely N-dealkylation sites (N-methyl/N-ethyl adjacent to an activating group) is 1. The highest BCUT2D eigenvalue weighted by molar-refractivity contribution is 5.95. The monoisotopic (exact) mass is 279 g/mol. The number of fused-ring (bicyclic) bond motifs is 1. The van der Waals surface area contributed by atoms with Crippen molar-refractivity contribution in [2.45, 2.75) is 52.6 Å². The highest BCUT2D eigenvalue weighted by atomic mass is 16.3. The second kappa shape index (κ2) is 5.56. The summed E-state index contributed by atoms with van der Waals surface area (Å²) in [4.78, 5) is 14.3. The average molecular weight is 279 g/mol. The molecule has 112 valence electrons. The first-order valence-electron chi connectivity index (χ1n) is 7.29. The van der Waals surface area contributed by atoms with Gasteiger partial charge in [-0.3, -0.25) is 9.48 Å². The van der Waals surface area contributed by atoms with Crippen LogP contribution in [0.3, 0.4) is 0 Å². The Bertz CT molecular complexity index is 488. The van der Waals surface area contributed by atoms with Crippen LogP contribution in [0.5, 0.6) is 0 Å². The predicted octanol–water partition coefficient (Wildman–Crippen LogP) is 1.70. The standard InChI is InChI=1S/C15H25N3O2/c1-15(2,3)13(10-19)17(4)14(20)11-9-16-18-8-6-5-7-12(11)18/h9,13,19H,5-8,10H2,1-4H3/t13-/m0/s1. The van der Waals surface area contributed by atoms with Crippen molar-refractivity contribution in [2.24, 2.45) is 5.41 Å². The highest BCUT2D eigenvalue weighted by Gasteiger charge is 2.32. The van der Waals surface area contributed by atoms with Gasteiger partial charge in [-0.1, -0.05) is 20.8 Å². The van der Waals surface area contributed by atoms with Crippen LogP contribution >= 0.6 is 0 Å². The Balaban J connectivity index is 2.25. The number of aliphatic hydroxyl groups is 1. The van der Waals surface area contributed by atoms with Gasteiger partial charge in [-0.05, 0) is 24.7 Å². The largest absolute Gasteiger partial charge is 0.394 e. The lowest BCUT2D eigenvalue weighted by molar-refractivity contribution is 0.0432. The van der Waals surface area contributed by atoms with Gasteiger partial charge in [-0.25, -0.2) is 0 Å². The van der Waals surface area contributed by atoms with Crippen LogP contribution in [0, 0.1) is 5.41 Å². The number of nitrogens with zero attached hydrogens (tertiary/aromatic N) is 3. The van der Waals surface area contributed by atoms with Crippen LogP contribution in [0.15, 0.2) is 6.20 Å². The first kappa shape index (κ1) is 15.0. The zero-order valence-electron chi connectivity index (χ0n) is 12.9. The zero-order chi connectivity index (χ0) is 14.9. The molecule has 0 aromatic carbocycles. The molecule has 0 fully saturated rings. The van der Waals surface area contributed by atoms with E-state index in [4.69, 9.17) is 0 Å². The van der Waals surface area contributed by atoms with E-state index >= 15 is 0 Å². The van der Waals surface area contributed by atoms with Crippen molar-refractivity contribution in [3.63, 3.8) is 0 Å². The van der Waals surface area contributed by atoms with Gasteiger partial charge in [-0.2, -0.15) is 5.10 Å². The quantitative estimate of drug-likeness (QED) is 0.916. The van der Waals surface area contributed by atoms with Crippen LogP contribution in [0.4, 0.5) is 0 Å². The molecule has 1 atom stereocenters. The number of aromatic nitrogens is 2. The summed E-state index contributed by atoms with van der Waals surface area (Å²) >= 11 is 0. The SMILES string of the molecule is CN(C(=O)c1cnn2c1CCCC2)[C@@H](CO)C(C)(C)C. The Morgan fingerprint density at radius 1 is 1.50 bits per heavy atom. The van der Waals surface area contributed by atoms with Gasteiger partial charge in [0.25, 0.3) is 5.91 Å². The minimum atomic E-state index is -0.200. The number of aryl methyl sites for hydroxylation is 1. The molecule has 5 nitrogen and oxygen atoms in total. The fraction of sp³-hybridized carbons (Fsp3) is 0.733. The maximum Gasteiger partial charge on any atom is 0.257 e. The van der Waals surface area contributed by atoms with Crippen molar-refractivity contribution in [2.75, 3.05) is 13.7 Å². The summed E-state index contributed by atoms with van der Waals surface area (Å²) in [5.74, 6) is -0.0397. The Morgan fingerprint density at radius 3 is 2.80 bits per heavy atom. The van der Waals surface area contributed by atoms with Crippen LogP contribution < -0.4 is 0 Å². The molecule has 1 amide bonds. The van der Waals surface area contributed by atoms with Gasteiger partial charge in [0.2, 0.25) is 0 Å². The van der Waals surface area contributed by atoms with Gasteiger partial charge in [0.05, 0.1) is 30.1 Å². The van der Waals surface area contributed by atoms with Crippen LogP contribution in [0.1, 0.15) is 49.7 Å². The fourth-order valence-electron chi connectivity index (χ4n) is 2.91. The van der Waals surface area contributed by atoms with Crippen molar-refractivity contribution in [1.82, 2.24) is 14.7 Å². The van der Waals surface area contributed by atoms with Crippen LogP contribution in [0.25, 0.3) is 0 Å². The summed E-state index contributed by atoms with van der Waals surface area (Å²) in [7, 11) is 1.77. The molecular weight excluding hydrogens is 254 g/mol. The second-order valence-corrected chi connectivity index (χ2v) is 6.67. The van der Waals surface area contributed by atoms with Crippen LogP contribution in [0.2, 0.25) is 0 Å². The molecule has 1 aromatic rings. The molecule has 0 radical (unpaired) electrons. The lowest BCUT2D eigenvalue weighted by Crippen LogP contribution is -2.47. The number of hydrogen-bond donors (Lipinski definition) is 1. The molecule has 1 aliphatic rings. The number of aliphatic hydroxyl groups excluding tert-OH is 1. The number of amides is 1. The molecule has 1 aromatic heterocycles. The van der Waals surface area contributed by atoms with Crippen molar-refractivity contribution >= 4 is 5.91 Å². The third-order valence-electron chi connectivity index (χ3n) is 4.17. The lowest BCUT2D eigenvalue weighted by atomic mass is 9.86. The van der Waals surface area contributed by atoms with E-state index < -0.39 is 0 Å². The van der Waals surface area contributed by atoms with E-state index in [0.29, 0.717) is 5.56 Å². The van der Waals surface area contributed by atoms with E-state index in [1.165, 1.54) is 0 Å². The molecule has 1 aliphatic heterocycles. The molecule has 0 unspecified atom stereocenters. The van der Waals surface area contributed by atoms with Crippen molar-refractivity contribution in [3.8, 4) is 0 Å². The van der Waals surface area contributed by atoms with E-state index in [1.807, 2.05) is 25.5 Å². The molecule has 20 heavy (non-hydrogen) atoms. The highest BCUT2D eigenvalue weighted by Crippen LogP contribution is 2.26. The maximum absolute atomic E-state index is 12.7. The summed E-state index contributed by atoms with van der Waals surface area (Å²) < 4.78 is 1.94. The van der Waals surface area contributed by atoms with Gasteiger partial charge in [0, 0.05) is 13.6 Å². The average Bonchev–Trinajstić information content (AvgIpc) is 2.80. The second-order valence-electron chi connectivity index (χ2n) is 6.67. The first-order chi connectivity index (χ1) is 9.36. The third-order valence-corrected chi connectivity index (χ3v) is 4.17. The Hall–Kier alpha value is -1.36. The summed E-state index contributed by atoms with van der Waals surface area (Å²) in [5, 5.41) is 13.9. The van der Waals surface area contributed by atoms with Gasteiger partial charge >= 0.3 is 0 Å². The van der Waals surface area contributed by atoms with Gasteiger partial charge in [-0.15, -0.1) is 0 Å². The minimum Gasteiger partial charge on any atom is -0.394 e. The topological polar surface area (TPSA) is 58.4 Å². The zero-order valence-corrected chi connectivity index (χ0v) is 12.9. The molecule has 0 bridgehead atoms. The molecule has 1 N–H and O–H groups in total. The Labute approximate surface area is 120 Å². The normalized spacial score (nSPS) is 16.6. The number of carbonyl (C=O) groups excluding carboxylic acids is 1. The summed E-state index contributed by atoms with van der Waals surface area (Å²) in [6.07, 6.45) is 4.82. The molecule has 0 saturated heterocycles. The molecular formula is C15H25N3O2. The van der Waals surface area contributed by atoms with E-state index in [9.17, 15) is 9.90 Å². The van der Waals surface area contributed by atoms with Gasteiger partial charge in [0.15, 0.2) is 0 Å². The molecule has 2 rings (SSSR count). The summed E-state index contributed by atoms with van der Waals surface area (Å²) in [6.45, 7) is 6.96. The number of hydrogen-bond acceptors (Lipinski definition) is 3. The molecule has 0 aliphatic carbocycles. The van der Waals surface area contributed by atoms with E-state index in [2.05, 4.69) is 5.10 Å². The number of carbonyl (C=O) groups is 1. The van der Waals surface area contributed by atoms with E-state index in [0.717, 1.165) is 31.5 Å². The predicted molar refractivity (Wildman–Crippen MR) is 77.6 cm³/mol. The Morgan fingerprint density at radius 2 is 2.20 bits per heavy atom. The summed E-state index contributed by atoms with van der Waals surface area (Å²) in [6, 6.07) is -0.200. The van der Waals surface area contributed by atoms with E-state index in [1.54, 1.807) is 18.1 Å². The first-order valence-corrected chi connectivity index (χ1v) is 7.29. The summed E-state index contributed by atoms with van der Waals surface area (Å²) in [5.41, 5.74) is 1.57. The molecule has 5 heteroatoms. The van der Waals surface area contributed by atoms with Crippen LogP contribution in [-0.4, -0.2) is 45.4 Å². The van der Waals surface area contributed by atoms with E-state index in [-0.39, 0.29) is 24.0 Å². The maximum atomic E-state index is 12.7. The molecule has 0 spiro atoms. The fourth-order valence-corrected chi connectivity index (χ4v) is 2.91. The Kier molecular flexibility index (Phi) is 4.18. The lowest BCUT2D eigenvalue weighted by Gasteiger charge is -2.36. The molecule has 2 heterocycles. The van der Waals surface area contributed by atoms with Crippen molar-refractivity contribution in [3.05, 3.63) is 17.5 Å². The van der Waals surface area contributed by atoms with Crippen molar-refractivity contribution < 1.29 is 9.90 Å². The molecule has 0 saturated carbocycles. The van der Waals surface area contributed by atoms with Crippen molar-refractivity contribution in [1.29, 1.82) is 0 Å². The minimum absolute atomic E-state index is 0.0325. The van der Waals surface area contributed by atoms with Crippen LogP contribution in [-0.2, 0) is 13.0 Å².